The molecule has 0 N–H and O–H groups in total. The van der Waals surface area contributed by atoms with Gasteiger partial charge in [-0.15, -0.1) is 0 Å². The Bertz CT molecular complexity index is 670. The van der Waals surface area contributed by atoms with Crippen molar-refractivity contribution >= 4 is 20.0 Å². The monoisotopic (exact) mass is 406 g/mol. The van der Waals surface area contributed by atoms with E-state index in [1.807, 2.05) is 0 Å². The number of ether oxygens (including phenoxy) is 2. The molecule has 28 heavy (non-hydrogen) atoms. The predicted octanol–water partition coefficient (Wildman–Crippen LogP) is 5.12. The van der Waals surface area contributed by atoms with E-state index in [0.29, 0.717) is 24.5 Å². The maximum Gasteiger partial charge on any atom is 0.311 e. The third kappa shape index (κ3) is 3.16. The van der Waals surface area contributed by atoms with E-state index in [1.54, 1.807) is 0 Å². The van der Waals surface area contributed by atoms with E-state index in [4.69, 9.17) is 9.47 Å². The lowest BCUT2D eigenvalue weighted by Gasteiger charge is -2.65. The van der Waals surface area contributed by atoms with Gasteiger partial charge in [-0.2, -0.15) is 0 Å². The lowest BCUT2D eigenvalue weighted by molar-refractivity contribution is -0.213. The van der Waals surface area contributed by atoms with Crippen molar-refractivity contribution < 1.29 is 19.1 Å². The van der Waals surface area contributed by atoms with E-state index in [1.165, 1.54) is 6.42 Å². The fourth-order valence-corrected chi connectivity index (χ4v) is 8.23. The summed E-state index contributed by atoms with van der Waals surface area (Å²) in [6.07, 6.45) is 9.86. The molecule has 0 unspecified atom stereocenters. The molecule has 3 aliphatic carbocycles. The fraction of sp³-hybridized carbons (Fsp3) is 0.913. The van der Waals surface area contributed by atoms with Crippen molar-refractivity contribution in [1.82, 2.24) is 0 Å². The molecule has 1 heterocycles. The summed E-state index contributed by atoms with van der Waals surface area (Å²) >= 11 is 0. The van der Waals surface area contributed by atoms with Crippen LogP contribution in [0.4, 0.5) is 0 Å². The highest BCUT2D eigenvalue weighted by molar-refractivity contribution is 6.76. The molecule has 4 nitrogen and oxygen atoms in total. The second-order valence-corrected chi connectivity index (χ2v) is 17.4. The lowest BCUT2D eigenvalue weighted by atomic mass is 9.39. The molecule has 1 aliphatic heterocycles. The number of fused-ring (bicyclic) bond motifs is 3. The Morgan fingerprint density at radius 1 is 1.11 bits per heavy atom. The number of carbonyl (C=O) groups excluding carboxylic acids is 2. The van der Waals surface area contributed by atoms with Crippen LogP contribution in [0.3, 0.4) is 0 Å². The summed E-state index contributed by atoms with van der Waals surface area (Å²) in [4.78, 5) is 25.6. The molecule has 0 aromatic heterocycles. The van der Waals surface area contributed by atoms with Crippen LogP contribution in [-0.4, -0.2) is 32.3 Å². The van der Waals surface area contributed by atoms with E-state index in [9.17, 15) is 9.59 Å². The van der Waals surface area contributed by atoms with Crippen molar-refractivity contribution in [1.29, 1.82) is 0 Å². The Balaban J connectivity index is 1.61. The van der Waals surface area contributed by atoms with Gasteiger partial charge in [0.05, 0.1) is 26.1 Å². The smallest absolute Gasteiger partial charge is 0.311 e. The van der Waals surface area contributed by atoms with Crippen LogP contribution in [0.15, 0.2) is 0 Å². The Morgan fingerprint density at radius 3 is 2.57 bits per heavy atom. The van der Waals surface area contributed by atoms with Crippen LogP contribution >= 0.6 is 0 Å². The average molecular weight is 407 g/mol. The number of esters is 2. The summed E-state index contributed by atoms with van der Waals surface area (Å²) in [5, 5.41) is 0. The minimum Gasteiger partial charge on any atom is -0.469 e. The van der Waals surface area contributed by atoms with Crippen molar-refractivity contribution in [3.63, 3.8) is 0 Å². The first-order chi connectivity index (χ1) is 13.0. The second-order valence-electron chi connectivity index (χ2n) is 12.0. The highest BCUT2D eigenvalue weighted by Gasteiger charge is 2.65. The topological polar surface area (TPSA) is 52.6 Å². The van der Waals surface area contributed by atoms with Gasteiger partial charge in [0.2, 0.25) is 0 Å². The van der Waals surface area contributed by atoms with E-state index in [2.05, 4.69) is 33.5 Å². The van der Waals surface area contributed by atoms with Gasteiger partial charge >= 0.3 is 11.9 Å². The molecule has 5 heteroatoms. The van der Waals surface area contributed by atoms with Gasteiger partial charge in [-0.25, -0.2) is 0 Å². The molecule has 0 amide bonds. The van der Waals surface area contributed by atoms with E-state index in [-0.39, 0.29) is 34.3 Å². The van der Waals surface area contributed by atoms with Gasteiger partial charge in [0.25, 0.3) is 0 Å². The molecule has 0 aromatic carbocycles. The highest BCUT2D eigenvalue weighted by atomic mass is 28.3. The maximum atomic E-state index is 13.3. The Labute approximate surface area is 171 Å². The Hall–Kier alpha value is -0.843. The SMILES string of the molecule is C[C@@]12CCC[C@@](C)(C(=O)OC[Si](C)(C)C)[C@H]1CC[C@]13CC(=O)O[C@H](CC[C@H]12)C3. The molecule has 0 radical (unpaired) electrons. The van der Waals surface area contributed by atoms with Crippen LogP contribution in [0, 0.1) is 28.1 Å². The molecule has 1 saturated heterocycles. The molecule has 4 aliphatic rings. The maximum absolute atomic E-state index is 13.3. The Morgan fingerprint density at radius 2 is 1.86 bits per heavy atom. The molecule has 3 saturated carbocycles. The van der Waals surface area contributed by atoms with E-state index in [0.717, 1.165) is 44.9 Å². The third-order valence-electron chi connectivity index (χ3n) is 8.75. The summed E-state index contributed by atoms with van der Waals surface area (Å²) < 4.78 is 11.5. The highest BCUT2D eigenvalue weighted by Crippen LogP contribution is 2.69. The molecule has 4 fully saturated rings. The van der Waals surface area contributed by atoms with Gasteiger partial charge in [0.1, 0.15) is 6.10 Å². The lowest BCUT2D eigenvalue weighted by Crippen LogP contribution is -2.61. The molecule has 1 spiro atoms. The standard InChI is InChI=1S/C23H38O4Si/c1-21-10-6-11-22(2,20(25)26-15-28(3,4)5)17(21)9-12-23-13-16(7-8-18(21)23)27-19(24)14-23/h16-18H,6-15H2,1-5H3/t16-,17+,18+,21-,22-,23+/m1/s1. The van der Waals surface area contributed by atoms with Crippen LogP contribution in [0.2, 0.25) is 19.6 Å². The zero-order valence-electron chi connectivity index (χ0n) is 18.4. The van der Waals surface area contributed by atoms with E-state index < -0.39 is 8.07 Å². The molecular formula is C23H38O4Si. The summed E-state index contributed by atoms with van der Waals surface area (Å²) in [5.74, 6) is 0.954. The van der Waals surface area contributed by atoms with Crippen LogP contribution in [0.1, 0.15) is 71.6 Å². The zero-order valence-corrected chi connectivity index (χ0v) is 19.4. The second kappa shape index (κ2) is 6.58. The number of carbonyl (C=O) groups is 2. The first-order valence-corrected chi connectivity index (χ1v) is 15.1. The third-order valence-corrected chi connectivity index (χ3v) is 9.76. The van der Waals surface area contributed by atoms with Gasteiger partial charge in [0.15, 0.2) is 0 Å². The number of hydrogen-bond acceptors (Lipinski definition) is 4. The van der Waals surface area contributed by atoms with Gasteiger partial charge in [-0.1, -0.05) is 33.0 Å². The quantitative estimate of drug-likeness (QED) is 0.482. The van der Waals surface area contributed by atoms with Gasteiger partial charge < -0.3 is 9.47 Å². The number of rotatable bonds is 3. The molecule has 6 atom stereocenters. The van der Waals surface area contributed by atoms with Crippen molar-refractivity contribution in [3.8, 4) is 0 Å². The summed E-state index contributed by atoms with van der Waals surface area (Å²) in [6, 6.07) is 0. The fourth-order valence-electron chi connectivity index (χ4n) is 7.66. The normalized spacial score (nSPS) is 45.5. The molecular weight excluding hydrogens is 368 g/mol. The van der Waals surface area contributed by atoms with E-state index >= 15 is 0 Å². The van der Waals surface area contributed by atoms with Crippen LogP contribution in [0.5, 0.6) is 0 Å². The first-order valence-electron chi connectivity index (χ1n) is 11.4. The van der Waals surface area contributed by atoms with Crippen LogP contribution in [0.25, 0.3) is 0 Å². The minimum atomic E-state index is -1.43. The molecule has 158 valence electrons. The molecule has 2 bridgehead atoms. The molecule has 0 aromatic rings. The zero-order chi connectivity index (χ0) is 20.4. The van der Waals surface area contributed by atoms with Gasteiger partial charge in [-0.05, 0) is 74.5 Å². The minimum absolute atomic E-state index is 0.0103. The average Bonchev–Trinajstić information content (AvgIpc) is 2.57. The first kappa shape index (κ1) is 20.4. The van der Waals surface area contributed by atoms with Crippen LogP contribution < -0.4 is 0 Å². The Kier molecular flexibility index (Phi) is 4.80. The van der Waals surface area contributed by atoms with Crippen molar-refractivity contribution in [2.75, 3.05) is 6.23 Å². The predicted molar refractivity (Wildman–Crippen MR) is 111 cm³/mol. The van der Waals surface area contributed by atoms with Crippen molar-refractivity contribution in [2.24, 2.45) is 28.1 Å². The van der Waals surface area contributed by atoms with Crippen molar-refractivity contribution in [2.45, 2.75) is 97.4 Å². The van der Waals surface area contributed by atoms with Gasteiger partial charge in [0, 0.05) is 0 Å². The number of hydrogen-bond donors (Lipinski definition) is 0. The van der Waals surface area contributed by atoms with Crippen LogP contribution in [-0.2, 0) is 19.1 Å². The molecule has 4 rings (SSSR count). The summed E-state index contributed by atoms with van der Waals surface area (Å²) in [7, 11) is -1.43. The summed E-state index contributed by atoms with van der Waals surface area (Å²) in [6.45, 7) is 11.4. The van der Waals surface area contributed by atoms with Gasteiger partial charge in [-0.3, -0.25) is 9.59 Å². The van der Waals surface area contributed by atoms with Crippen molar-refractivity contribution in [3.05, 3.63) is 0 Å². The largest absolute Gasteiger partial charge is 0.469 e. The summed E-state index contributed by atoms with van der Waals surface area (Å²) in [5.41, 5.74) is -0.129.